The Hall–Kier alpha value is -1.66. The number of esters is 2. The van der Waals surface area contributed by atoms with Gasteiger partial charge in [0.25, 0.3) is 0 Å². The van der Waals surface area contributed by atoms with Gasteiger partial charge in [0.1, 0.15) is 12.2 Å². The maximum Gasteiger partial charge on any atom is 0.330 e. The van der Waals surface area contributed by atoms with E-state index in [1.165, 1.54) is 6.08 Å². The smallest absolute Gasteiger partial charge is 0.330 e. The van der Waals surface area contributed by atoms with Crippen molar-refractivity contribution in [2.45, 2.75) is 51.1 Å². The van der Waals surface area contributed by atoms with Crippen molar-refractivity contribution in [1.82, 2.24) is 0 Å². The van der Waals surface area contributed by atoms with Gasteiger partial charge < -0.3 is 19.7 Å². The van der Waals surface area contributed by atoms with Crippen molar-refractivity contribution in [3.8, 4) is 0 Å². The van der Waals surface area contributed by atoms with Gasteiger partial charge in [-0.05, 0) is 19.9 Å². The molecule has 1 rings (SSSR count). The van der Waals surface area contributed by atoms with Crippen molar-refractivity contribution in [2.24, 2.45) is 0 Å². The van der Waals surface area contributed by atoms with Crippen LogP contribution >= 0.6 is 0 Å². The van der Waals surface area contributed by atoms with Crippen LogP contribution in [0.2, 0.25) is 0 Å². The lowest BCUT2D eigenvalue weighted by molar-refractivity contribution is -0.144. The Labute approximate surface area is 117 Å². The van der Waals surface area contributed by atoms with Gasteiger partial charge in [0.05, 0.1) is 12.2 Å². The van der Waals surface area contributed by atoms with E-state index < -0.39 is 36.4 Å². The number of carbonyl (C=O) groups is 2. The summed E-state index contributed by atoms with van der Waals surface area (Å²) in [6.07, 6.45) is 2.20. The number of cyclic esters (lactones) is 2. The summed E-state index contributed by atoms with van der Waals surface area (Å²) < 4.78 is 10.1. The summed E-state index contributed by atoms with van der Waals surface area (Å²) in [4.78, 5) is 22.9. The highest BCUT2D eigenvalue weighted by Crippen LogP contribution is 2.09. The van der Waals surface area contributed by atoms with Crippen molar-refractivity contribution < 1.29 is 29.3 Å². The van der Waals surface area contributed by atoms with Gasteiger partial charge in [-0.1, -0.05) is 6.08 Å². The normalized spacial score (nSPS) is 33.2. The zero-order valence-electron chi connectivity index (χ0n) is 11.6. The molecule has 4 atom stereocenters. The second-order valence-corrected chi connectivity index (χ2v) is 4.79. The Balaban J connectivity index is 2.79. The molecule has 0 aromatic rings. The Bertz CT molecular complexity index is 400. The minimum atomic E-state index is -1.22. The van der Waals surface area contributed by atoms with E-state index in [9.17, 15) is 19.8 Å². The van der Waals surface area contributed by atoms with E-state index in [0.29, 0.717) is 6.42 Å². The number of hydrogen-bond acceptors (Lipinski definition) is 6. The molecule has 112 valence electrons. The van der Waals surface area contributed by atoms with E-state index >= 15 is 0 Å². The largest absolute Gasteiger partial charge is 0.459 e. The Morgan fingerprint density at radius 1 is 1.05 bits per heavy atom. The Kier molecular flexibility index (Phi) is 6.41. The van der Waals surface area contributed by atoms with Crippen LogP contribution in [-0.2, 0) is 19.1 Å². The fourth-order valence-electron chi connectivity index (χ4n) is 1.71. The van der Waals surface area contributed by atoms with Gasteiger partial charge in [-0.3, -0.25) is 0 Å². The van der Waals surface area contributed by atoms with Crippen molar-refractivity contribution in [3.05, 3.63) is 24.3 Å². The van der Waals surface area contributed by atoms with Crippen LogP contribution in [-0.4, -0.2) is 46.6 Å². The molecule has 0 amide bonds. The number of rotatable bonds is 0. The van der Waals surface area contributed by atoms with E-state index in [0.717, 1.165) is 12.2 Å². The summed E-state index contributed by atoms with van der Waals surface area (Å²) in [6, 6.07) is 0. The van der Waals surface area contributed by atoms with Crippen LogP contribution in [0, 0.1) is 0 Å². The topological polar surface area (TPSA) is 93.1 Å². The highest BCUT2D eigenvalue weighted by Gasteiger charge is 2.19. The van der Waals surface area contributed by atoms with Crippen molar-refractivity contribution in [1.29, 1.82) is 0 Å². The molecule has 20 heavy (non-hydrogen) atoms. The lowest BCUT2D eigenvalue weighted by atomic mass is 10.1. The average Bonchev–Trinajstić information content (AvgIpc) is 2.34. The third kappa shape index (κ3) is 5.99. The molecule has 0 saturated carbocycles. The number of hydrogen-bond donors (Lipinski definition) is 2. The molecule has 0 bridgehead atoms. The highest BCUT2D eigenvalue weighted by atomic mass is 16.5. The molecule has 1 heterocycles. The van der Waals surface area contributed by atoms with Crippen LogP contribution in [0.15, 0.2) is 24.3 Å². The molecule has 0 saturated heterocycles. The molecule has 0 aromatic carbocycles. The first-order chi connectivity index (χ1) is 9.38. The van der Waals surface area contributed by atoms with Crippen molar-refractivity contribution in [2.75, 3.05) is 0 Å². The molecule has 6 heteroatoms. The van der Waals surface area contributed by atoms with E-state index in [4.69, 9.17) is 9.47 Å². The molecular formula is C14H20O6. The van der Waals surface area contributed by atoms with Crippen LogP contribution in [0.5, 0.6) is 0 Å². The number of aliphatic hydroxyl groups is 2. The quantitative estimate of drug-likeness (QED) is 0.628. The molecule has 2 N–H and O–H groups in total. The van der Waals surface area contributed by atoms with Gasteiger partial charge in [-0.25, -0.2) is 9.59 Å². The first-order valence-electron chi connectivity index (χ1n) is 6.50. The predicted octanol–water partition coefficient (Wildman–Crippen LogP) is 0.478. The summed E-state index contributed by atoms with van der Waals surface area (Å²) >= 11 is 0. The van der Waals surface area contributed by atoms with Gasteiger partial charge in [0, 0.05) is 25.0 Å². The second-order valence-electron chi connectivity index (χ2n) is 4.79. The predicted molar refractivity (Wildman–Crippen MR) is 70.6 cm³/mol. The van der Waals surface area contributed by atoms with E-state index in [1.54, 1.807) is 19.9 Å². The van der Waals surface area contributed by atoms with Gasteiger partial charge >= 0.3 is 11.9 Å². The minimum Gasteiger partial charge on any atom is -0.459 e. The molecular weight excluding hydrogens is 264 g/mol. The molecule has 1 aliphatic heterocycles. The number of carbonyl (C=O) groups excluding carboxylic acids is 2. The fraction of sp³-hybridized carbons (Fsp3) is 0.571. The molecule has 0 unspecified atom stereocenters. The lowest BCUT2D eigenvalue weighted by Gasteiger charge is -2.19. The van der Waals surface area contributed by atoms with Crippen LogP contribution in [0.4, 0.5) is 0 Å². The third-order valence-electron chi connectivity index (χ3n) is 2.75. The zero-order chi connectivity index (χ0) is 15.1. The number of aliphatic hydroxyl groups excluding tert-OH is 2. The fourth-order valence-corrected chi connectivity index (χ4v) is 1.71. The van der Waals surface area contributed by atoms with Crippen LogP contribution < -0.4 is 0 Å². The second kappa shape index (κ2) is 7.81. The molecule has 0 fully saturated rings. The van der Waals surface area contributed by atoms with E-state index in [2.05, 4.69) is 0 Å². The SMILES string of the molecule is C[C@@H]1CC=CC(=O)O[C@H](C)C[C@@H](O)[C@@H](O)C=CC(=O)O1. The molecule has 6 nitrogen and oxygen atoms in total. The number of ether oxygens (including phenoxy) is 2. The average molecular weight is 284 g/mol. The summed E-state index contributed by atoms with van der Waals surface area (Å²) in [5.74, 6) is -1.14. The van der Waals surface area contributed by atoms with Gasteiger partial charge in [0.15, 0.2) is 0 Å². The van der Waals surface area contributed by atoms with Gasteiger partial charge in [-0.2, -0.15) is 0 Å². The molecule has 0 spiro atoms. The van der Waals surface area contributed by atoms with Gasteiger partial charge in [-0.15, -0.1) is 0 Å². The summed E-state index contributed by atoms with van der Waals surface area (Å²) in [6.45, 7) is 3.30. The molecule has 0 radical (unpaired) electrons. The monoisotopic (exact) mass is 284 g/mol. The summed E-state index contributed by atoms with van der Waals surface area (Å²) in [5, 5.41) is 19.4. The molecule has 0 aliphatic carbocycles. The first kappa shape index (κ1) is 16.4. The van der Waals surface area contributed by atoms with Crippen LogP contribution in [0.25, 0.3) is 0 Å². The Morgan fingerprint density at radius 2 is 1.65 bits per heavy atom. The van der Waals surface area contributed by atoms with Crippen LogP contribution in [0.1, 0.15) is 26.7 Å². The van der Waals surface area contributed by atoms with Gasteiger partial charge in [0.2, 0.25) is 0 Å². The van der Waals surface area contributed by atoms with E-state index in [1.807, 2.05) is 0 Å². The maximum absolute atomic E-state index is 11.4. The lowest BCUT2D eigenvalue weighted by Crippen LogP contribution is -2.29. The summed E-state index contributed by atoms with van der Waals surface area (Å²) in [5.41, 5.74) is 0. The summed E-state index contributed by atoms with van der Waals surface area (Å²) in [7, 11) is 0. The third-order valence-corrected chi connectivity index (χ3v) is 2.75. The molecule has 1 aliphatic rings. The molecule has 0 aromatic heterocycles. The van der Waals surface area contributed by atoms with Crippen molar-refractivity contribution >= 4 is 11.9 Å². The minimum absolute atomic E-state index is 0.0660. The highest BCUT2D eigenvalue weighted by molar-refractivity contribution is 5.82. The zero-order valence-corrected chi connectivity index (χ0v) is 11.6. The van der Waals surface area contributed by atoms with E-state index in [-0.39, 0.29) is 6.42 Å². The first-order valence-corrected chi connectivity index (χ1v) is 6.50. The van der Waals surface area contributed by atoms with Crippen molar-refractivity contribution in [3.63, 3.8) is 0 Å². The van der Waals surface area contributed by atoms with Crippen LogP contribution in [0.3, 0.4) is 0 Å². The standard InChI is InChI=1S/C14H20O6/c1-9-4-3-5-13(17)20-10(2)8-12(16)11(15)6-7-14(18)19-9/h3,5-7,9-12,15-16H,4,8H2,1-2H3/t9-,10-,11+,12-/m1/s1. The maximum atomic E-state index is 11.4. The Morgan fingerprint density at radius 3 is 2.35 bits per heavy atom.